The second-order valence-corrected chi connectivity index (χ2v) is 8.16. The van der Waals surface area contributed by atoms with E-state index in [9.17, 15) is 13.2 Å². The van der Waals surface area contributed by atoms with E-state index in [4.69, 9.17) is 0 Å². The molecule has 0 unspecified atom stereocenters. The molecule has 2 N–H and O–H groups in total. The number of aryl methyl sites for hydroxylation is 3. The minimum Gasteiger partial charge on any atom is -0.326 e. The third kappa shape index (κ3) is 4.15. The molecule has 0 aliphatic rings. The normalized spacial score (nSPS) is 11.2. The molecule has 0 aliphatic carbocycles. The second kappa shape index (κ2) is 6.94. The molecule has 2 aromatic rings. The van der Waals surface area contributed by atoms with E-state index >= 15 is 0 Å². The zero-order chi connectivity index (χ0) is 18.1. The number of carbonyl (C=O) groups excluding carboxylic acids is 1. The molecule has 0 bridgehead atoms. The zero-order valence-electron chi connectivity index (χ0n) is 13.9. The Balaban J connectivity index is 2.41. The number of hydrogen-bond acceptors (Lipinski definition) is 3. The van der Waals surface area contributed by atoms with Gasteiger partial charge < -0.3 is 5.32 Å². The summed E-state index contributed by atoms with van der Waals surface area (Å²) >= 11 is 3.39. The molecule has 7 heteroatoms. The Morgan fingerprint density at radius 1 is 0.958 bits per heavy atom. The number of carbonyl (C=O) groups is 1. The van der Waals surface area contributed by atoms with E-state index in [-0.39, 0.29) is 10.8 Å². The minimum absolute atomic E-state index is 0.201. The van der Waals surface area contributed by atoms with Gasteiger partial charge in [-0.05, 0) is 67.8 Å². The molecule has 0 saturated carbocycles. The van der Waals surface area contributed by atoms with Gasteiger partial charge in [0.05, 0.1) is 4.90 Å². The van der Waals surface area contributed by atoms with Gasteiger partial charge in [-0.15, -0.1) is 0 Å². The van der Waals surface area contributed by atoms with Gasteiger partial charge in [0, 0.05) is 22.8 Å². The fourth-order valence-electron chi connectivity index (χ4n) is 2.56. The highest BCUT2D eigenvalue weighted by molar-refractivity contribution is 9.10. The van der Waals surface area contributed by atoms with Crippen LogP contribution in [0, 0.1) is 20.8 Å². The van der Waals surface area contributed by atoms with Crippen molar-refractivity contribution in [1.82, 2.24) is 0 Å². The zero-order valence-corrected chi connectivity index (χ0v) is 16.3. The van der Waals surface area contributed by atoms with Crippen molar-refractivity contribution in [2.75, 3.05) is 10.0 Å². The monoisotopic (exact) mass is 410 g/mol. The van der Waals surface area contributed by atoms with Gasteiger partial charge in [0.2, 0.25) is 5.91 Å². The Kier molecular flexibility index (Phi) is 5.35. The maximum Gasteiger partial charge on any atom is 0.262 e. The van der Waals surface area contributed by atoms with E-state index in [0.29, 0.717) is 22.5 Å². The first kappa shape index (κ1) is 18.5. The highest BCUT2D eigenvalue weighted by Crippen LogP contribution is 2.27. The molecule has 0 aromatic heterocycles. The Labute approximate surface area is 150 Å². The number of anilines is 2. The Hall–Kier alpha value is -1.86. The molecule has 128 valence electrons. The Bertz CT molecular complexity index is 885. The predicted octanol–water partition coefficient (Wildman–Crippen LogP) is 4.13. The van der Waals surface area contributed by atoms with Crippen molar-refractivity contribution in [2.45, 2.75) is 32.6 Å². The van der Waals surface area contributed by atoms with Crippen molar-refractivity contribution in [1.29, 1.82) is 0 Å². The van der Waals surface area contributed by atoms with Gasteiger partial charge in [-0.1, -0.05) is 15.9 Å². The standard InChI is InChI=1S/C17H19BrN2O3S/c1-10-7-14(5-6-16(10)18)20-24(22,23)17-11(2)8-15(9-12(17)3)19-13(4)21/h5-9,20H,1-4H3,(H,19,21). The van der Waals surface area contributed by atoms with Crippen LogP contribution in [0.25, 0.3) is 0 Å². The number of benzene rings is 2. The highest BCUT2D eigenvalue weighted by atomic mass is 79.9. The van der Waals surface area contributed by atoms with Gasteiger partial charge in [0.1, 0.15) is 0 Å². The lowest BCUT2D eigenvalue weighted by atomic mass is 10.1. The lowest BCUT2D eigenvalue weighted by molar-refractivity contribution is -0.114. The summed E-state index contributed by atoms with van der Waals surface area (Å²) in [5.41, 5.74) is 3.15. The van der Waals surface area contributed by atoms with E-state index in [0.717, 1.165) is 10.0 Å². The Morgan fingerprint density at radius 3 is 2.00 bits per heavy atom. The molecule has 2 aromatic carbocycles. The maximum absolute atomic E-state index is 12.8. The fraction of sp³-hybridized carbons (Fsp3) is 0.235. The number of rotatable bonds is 4. The summed E-state index contributed by atoms with van der Waals surface area (Å²) in [4.78, 5) is 11.4. The summed E-state index contributed by atoms with van der Waals surface area (Å²) in [5, 5.41) is 2.67. The highest BCUT2D eigenvalue weighted by Gasteiger charge is 2.21. The second-order valence-electron chi connectivity index (χ2n) is 5.69. The van der Waals surface area contributed by atoms with Crippen LogP contribution in [0.4, 0.5) is 11.4 Å². The third-order valence-corrected chi connectivity index (χ3v) is 6.04. The van der Waals surface area contributed by atoms with Crippen molar-refractivity contribution in [3.8, 4) is 0 Å². The number of nitrogens with one attached hydrogen (secondary N) is 2. The van der Waals surface area contributed by atoms with Crippen LogP contribution in [0.5, 0.6) is 0 Å². The first-order valence-corrected chi connectivity index (χ1v) is 9.55. The molecular weight excluding hydrogens is 392 g/mol. The van der Waals surface area contributed by atoms with Crippen molar-refractivity contribution < 1.29 is 13.2 Å². The topological polar surface area (TPSA) is 75.3 Å². The summed E-state index contributed by atoms with van der Waals surface area (Å²) in [6.45, 7) is 6.72. The molecule has 0 atom stereocenters. The van der Waals surface area contributed by atoms with E-state index in [2.05, 4.69) is 26.0 Å². The number of hydrogen-bond donors (Lipinski definition) is 2. The predicted molar refractivity (Wildman–Crippen MR) is 99.9 cm³/mol. The van der Waals surface area contributed by atoms with Gasteiger partial charge in [0.15, 0.2) is 0 Å². The number of amides is 1. The van der Waals surface area contributed by atoms with E-state index in [1.165, 1.54) is 6.92 Å². The van der Waals surface area contributed by atoms with Gasteiger partial charge in [0.25, 0.3) is 10.0 Å². The molecule has 0 spiro atoms. The number of sulfonamides is 1. The average molecular weight is 411 g/mol. The summed E-state index contributed by atoms with van der Waals surface area (Å²) in [6.07, 6.45) is 0. The van der Waals surface area contributed by atoms with Crippen LogP contribution < -0.4 is 10.0 Å². The molecule has 0 fully saturated rings. The molecule has 0 saturated heterocycles. The molecule has 0 aliphatic heterocycles. The minimum atomic E-state index is -3.73. The quantitative estimate of drug-likeness (QED) is 0.794. The van der Waals surface area contributed by atoms with Crippen LogP contribution in [-0.2, 0) is 14.8 Å². The maximum atomic E-state index is 12.8. The van der Waals surface area contributed by atoms with Crippen molar-refractivity contribution >= 4 is 43.2 Å². The molecule has 1 amide bonds. The van der Waals surface area contributed by atoms with Gasteiger partial charge in [-0.25, -0.2) is 8.42 Å². The van der Waals surface area contributed by atoms with Crippen LogP contribution in [-0.4, -0.2) is 14.3 Å². The molecule has 5 nitrogen and oxygen atoms in total. The fourth-order valence-corrected chi connectivity index (χ4v) is 4.32. The van der Waals surface area contributed by atoms with E-state index < -0.39 is 10.0 Å². The largest absolute Gasteiger partial charge is 0.326 e. The molecule has 24 heavy (non-hydrogen) atoms. The SMILES string of the molecule is CC(=O)Nc1cc(C)c(S(=O)(=O)Nc2ccc(Br)c(C)c2)c(C)c1. The molecule has 2 rings (SSSR count). The van der Waals surface area contributed by atoms with Gasteiger partial charge >= 0.3 is 0 Å². The molecule has 0 heterocycles. The summed E-state index contributed by atoms with van der Waals surface area (Å²) in [6, 6.07) is 8.56. The van der Waals surface area contributed by atoms with Crippen molar-refractivity contribution in [3.63, 3.8) is 0 Å². The van der Waals surface area contributed by atoms with Crippen LogP contribution in [0.15, 0.2) is 39.7 Å². The number of halogens is 1. The van der Waals surface area contributed by atoms with E-state index in [1.54, 1.807) is 44.2 Å². The summed E-state index contributed by atoms with van der Waals surface area (Å²) in [5.74, 6) is -0.201. The lowest BCUT2D eigenvalue weighted by Gasteiger charge is -2.15. The lowest BCUT2D eigenvalue weighted by Crippen LogP contribution is -2.16. The summed E-state index contributed by atoms with van der Waals surface area (Å²) in [7, 11) is -3.73. The molecular formula is C17H19BrN2O3S. The first-order chi connectivity index (χ1) is 11.1. The molecule has 0 radical (unpaired) electrons. The van der Waals surface area contributed by atoms with Gasteiger partial charge in [-0.2, -0.15) is 0 Å². The average Bonchev–Trinajstić information content (AvgIpc) is 2.40. The summed E-state index contributed by atoms with van der Waals surface area (Å²) < 4.78 is 29.0. The van der Waals surface area contributed by atoms with Crippen LogP contribution >= 0.6 is 15.9 Å². The van der Waals surface area contributed by atoms with E-state index in [1.807, 2.05) is 6.92 Å². The third-order valence-electron chi connectivity index (χ3n) is 3.46. The first-order valence-electron chi connectivity index (χ1n) is 7.28. The van der Waals surface area contributed by atoms with Crippen molar-refractivity contribution in [2.24, 2.45) is 0 Å². The van der Waals surface area contributed by atoms with Crippen LogP contribution in [0.3, 0.4) is 0 Å². The smallest absolute Gasteiger partial charge is 0.262 e. The Morgan fingerprint density at radius 2 is 1.50 bits per heavy atom. The van der Waals surface area contributed by atoms with Crippen LogP contribution in [0.2, 0.25) is 0 Å². The van der Waals surface area contributed by atoms with Crippen LogP contribution in [0.1, 0.15) is 23.6 Å². The van der Waals surface area contributed by atoms with Crippen molar-refractivity contribution in [3.05, 3.63) is 51.5 Å². The van der Waals surface area contributed by atoms with Gasteiger partial charge in [-0.3, -0.25) is 9.52 Å².